The molecule has 21 heavy (non-hydrogen) atoms. The van der Waals surface area contributed by atoms with Gasteiger partial charge in [-0.05, 0) is 33.4 Å². The molecule has 0 bridgehead atoms. The van der Waals surface area contributed by atoms with Crippen LogP contribution in [0.2, 0.25) is 0 Å². The summed E-state index contributed by atoms with van der Waals surface area (Å²) >= 11 is 4.88. The maximum atomic E-state index is 12.2. The van der Waals surface area contributed by atoms with Gasteiger partial charge in [0.15, 0.2) is 0 Å². The van der Waals surface area contributed by atoms with Crippen LogP contribution in [0.4, 0.5) is 5.69 Å². The van der Waals surface area contributed by atoms with E-state index >= 15 is 0 Å². The molecule has 6 nitrogen and oxygen atoms in total. The number of nitrogens with one attached hydrogen (secondary N) is 1. The summed E-state index contributed by atoms with van der Waals surface area (Å²) in [6.07, 6.45) is 0. The predicted octanol–water partition coefficient (Wildman–Crippen LogP) is 3.36. The summed E-state index contributed by atoms with van der Waals surface area (Å²) in [5, 5.41) is 15.6. The summed E-state index contributed by atoms with van der Waals surface area (Å²) in [7, 11) is 1.30. The maximum Gasteiger partial charge on any atom is 0.311 e. The Kier molecular flexibility index (Phi) is 4.92. The SMILES string of the molecule is COc1c(C(=O)NCc2sccc2Br)cccc1[N+](=O)[O-]. The molecule has 1 aromatic carbocycles. The van der Waals surface area contributed by atoms with Crippen molar-refractivity contribution in [1.82, 2.24) is 5.32 Å². The summed E-state index contributed by atoms with van der Waals surface area (Å²) in [5.74, 6) is -0.457. The second kappa shape index (κ2) is 6.68. The molecule has 2 rings (SSSR count). The molecule has 1 heterocycles. The Balaban J connectivity index is 2.21. The van der Waals surface area contributed by atoms with Crippen LogP contribution in [-0.2, 0) is 6.54 Å². The molecule has 1 amide bonds. The Morgan fingerprint density at radius 2 is 2.24 bits per heavy atom. The van der Waals surface area contributed by atoms with E-state index in [9.17, 15) is 14.9 Å². The van der Waals surface area contributed by atoms with Crippen LogP contribution in [0.1, 0.15) is 15.2 Å². The highest BCUT2D eigenvalue weighted by Gasteiger charge is 2.22. The van der Waals surface area contributed by atoms with E-state index in [-0.39, 0.29) is 17.0 Å². The van der Waals surface area contributed by atoms with Gasteiger partial charge in [0.25, 0.3) is 5.91 Å². The summed E-state index contributed by atoms with van der Waals surface area (Å²) in [6, 6.07) is 6.13. The zero-order valence-corrected chi connectivity index (χ0v) is 13.4. The number of nitro groups is 1. The van der Waals surface area contributed by atoms with Gasteiger partial charge in [-0.15, -0.1) is 11.3 Å². The molecule has 1 N–H and O–H groups in total. The molecule has 0 spiro atoms. The number of para-hydroxylation sites is 1. The number of nitro benzene ring substituents is 1. The number of hydrogen-bond acceptors (Lipinski definition) is 5. The second-order valence-corrected chi connectivity index (χ2v) is 5.84. The second-order valence-electron chi connectivity index (χ2n) is 3.99. The van der Waals surface area contributed by atoms with Crippen LogP contribution in [0.3, 0.4) is 0 Å². The minimum atomic E-state index is -0.578. The Bertz CT molecular complexity index is 687. The Labute approximate surface area is 133 Å². The molecular formula is C13H11BrN2O4S. The molecule has 0 aliphatic carbocycles. The van der Waals surface area contributed by atoms with Crippen LogP contribution in [0.15, 0.2) is 34.1 Å². The molecule has 8 heteroatoms. The standard InChI is InChI=1S/C13H11BrN2O4S/c1-20-12-8(3-2-4-10(12)16(18)19)13(17)15-7-11-9(14)5-6-21-11/h2-6H,7H2,1H3,(H,15,17). The van der Waals surface area contributed by atoms with Crippen molar-refractivity contribution in [2.75, 3.05) is 7.11 Å². The fourth-order valence-corrected chi connectivity index (χ4v) is 3.20. The Morgan fingerprint density at radius 1 is 1.48 bits per heavy atom. The summed E-state index contributed by atoms with van der Waals surface area (Å²) in [5.41, 5.74) is -0.0955. The minimum Gasteiger partial charge on any atom is -0.490 e. The quantitative estimate of drug-likeness (QED) is 0.646. The van der Waals surface area contributed by atoms with Crippen LogP contribution >= 0.6 is 27.3 Å². The smallest absolute Gasteiger partial charge is 0.311 e. The van der Waals surface area contributed by atoms with E-state index in [2.05, 4.69) is 21.2 Å². The third kappa shape index (κ3) is 3.40. The van der Waals surface area contributed by atoms with E-state index in [1.165, 1.54) is 36.6 Å². The van der Waals surface area contributed by atoms with Crippen LogP contribution in [-0.4, -0.2) is 17.9 Å². The maximum absolute atomic E-state index is 12.2. The molecule has 0 aliphatic heterocycles. The number of carbonyl (C=O) groups excluding carboxylic acids is 1. The number of ether oxygens (including phenoxy) is 1. The highest BCUT2D eigenvalue weighted by molar-refractivity contribution is 9.10. The van der Waals surface area contributed by atoms with E-state index < -0.39 is 10.8 Å². The summed E-state index contributed by atoms with van der Waals surface area (Å²) < 4.78 is 5.93. The first-order valence-corrected chi connectivity index (χ1v) is 7.53. The number of hydrogen-bond donors (Lipinski definition) is 1. The molecule has 0 fully saturated rings. The third-order valence-corrected chi connectivity index (χ3v) is 4.67. The molecule has 0 saturated carbocycles. The average Bonchev–Trinajstić information content (AvgIpc) is 2.89. The topological polar surface area (TPSA) is 81.5 Å². The number of rotatable bonds is 5. The van der Waals surface area contributed by atoms with Gasteiger partial charge in [-0.1, -0.05) is 6.07 Å². The first-order valence-electron chi connectivity index (χ1n) is 5.86. The zero-order chi connectivity index (χ0) is 15.4. The lowest BCUT2D eigenvalue weighted by Crippen LogP contribution is -2.23. The molecule has 0 radical (unpaired) electrons. The number of benzene rings is 1. The van der Waals surface area contributed by atoms with E-state index in [4.69, 9.17) is 4.74 Å². The summed E-state index contributed by atoms with van der Waals surface area (Å²) in [6.45, 7) is 0.336. The molecule has 0 aliphatic rings. The van der Waals surface area contributed by atoms with Gasteiger partial charge in [0.2, 0.25) is 5.75 Å². The fraction of sp³-hybridized carbons (Fsp3) is 0.154. The van der Waals surface area contributed by atoms with Crippen molar-refractivity contribution in [3.63, 3.8) is 0 Å². The lowest BCUT2D eigenvalue weighted by Gasteiger charge is -2.09. The van der Waals surface area contributed by atoms with Crippen molar-refractivity contribution >= 4 is 38.9 Å². The van der Waals surface area contributed by atoms with Crippen LogP contribution in [0, 0.1) is 10.1 Å². The van der Waals surface area contributed by atoms with Gasteiger partial charge in [0.05, 0.1) is 24.1 Å². The van der Waals surface area contributed by atoms with Gasteiger partial charge in [0.1, 0.15) is 0 Å². The molecular weight excluding hydrogens is 360 g/mol. The number of halogens is 1. The van der Waals surface area contributed by atoms with E-state index in [1.807, 2.05) is 11.4 Å². The van der Waals surface area contributed by atoms with Crippen LogP contribution in [0.5, 0.6) is 5.75 Å². The van der Waals surface area contributed by atoms with Gasteiger partial charge >= 0.3 is 5.69 Å². The van der Waals surface area contributed by atoms with Crippen molar-refractivity contribution in [3.05, 3.63) is 54.7 Å². The monoisotopic (exact) mass is 370 g/mol. The number of amides is 1. The zero-order valence-electron chi connectivity index (χ0n) is 11.0. The van der Waals surface area contributed by atoms with Crippen molar-refractivity contribution in [1.29, 1.82) is 0 Å². The number of methoxy groups -OCH3 is 1. The van der Waals surface area contributed by atoms with Gasteiger partial charge < -0.3 is 10.1 Å². The van der Waals surface area contributed by atoms with Gasteiger partial charge in [-0.25, -0.2) is 0 Å². The third-order valence-electron chi connectivity index (χ3n) is 2.74. The lowest BCUT2D eigenvalue weighted by atomic mass is 10.1. The van der Waals surface area contributed by atoms with E-state index in [0.29, 0.717) is 6.54 Å². The van der Waals surface area contributed by atoms with Crippen molar-refractivity contribution in [3.8, 4) is 5.75 Å². The van der Waals surface area contributed by atoms with Crippen molar-refractivity contribution in [2.45, 2.75) is 6.54 Å². The van der Waals surface area contributed by atoms with Crippen LogP contribution in [0.25, 0.3) is 0 Å². The van der Waals surface area contributed by atoms with Gasteiger partial charge in [-0.3, -0.25) is 14.9 Å². The largest absolute Gasteiger partial charge is 0.490 e. The first kappa shape index (κ1) is 15.5. The highest BCUT2D eigenvalue weighted by Crippen LogP contribution is 2.30. The van der Waals surface area contributed by atoms with E-state index in [0.717, 1.165) is 9.35 Å². The normalized spacial score (nSPS) is 10.2. The molecule has 110 valence electrons. The number of thiophene rings is 1. The average molecular weight is 371 g/mol. The molecule has 0 unspecified atom stereocenters. The minimum absolute atomic E-state index is 0.0368. The van der Waals surface area contributed by atoms with Gasteiger partial charge in [-0.2, -0.15) is 0 Å². The Morgan fingerprint density at radius 3 is 2.81 bits per heavy atom. The summed E-state index contributed by atoms with van der Waals surface area (Å²) in [4.78, 5) is 23.5. The Hall–Kier alpha value is -1.93. The molecule has 2 aromatic rings. The molecule has 1 aromatic heterocycles. The van der Waals surface area contributed by atoms with Crippen molar-refractivity contribution in [2.24, 2.45) is 0 Å². The molecule has 0 saturated heterocycles. The number of carbonyl (C=O) groups is 1. The molecule has 0 atom stereocenters. The van der Waals surface area contributed by atoms with Gasteiger partial charge in [0, 0.05) is 15.4 Å². The highest BCUT2D eigenvalue weighted by atomic mass is 79.9. The predicted molar refractivity (Wildman–Crippen MR) is 82.8 cm³/mol. The fourth-order valence-electron chi connectivity index (χ4n) is 1.77. The first-order chi connectivity index (χ1) is 10.0. The van der Waals surface area contributed by atoms with E-state index in [1.54, 1.807) is 0 Å². The number of nitrogens with zero attached hydrogens (tertiary/aromatic N) is 1. The lowest BCUT2D eigenvalue weighted by molar-refractivity contribution is -0.385. The van der Waals surface area contributed by atoms with Crippen molar-refractivity contribution < 1.29 is 14.5 Å². The van der Waals surface area contributed by atoms with Crippen LogP contribution < -0.4 is 10.1 Å².